The van der Waals surface area contributed by atoms with E-state index in [2.05, 4.69) is 10.6 Å². The van der Waals surface area contributed by atoms with Gasteiger partial charge < -0.3 is 10.6 Å². The topological polar surface area (TPSA) is 41.1 Å². The molecule has 0 bridgehead atoms. The second-order valence-electron chi connectivity index (χ2n) is 4.79. The summed E-state index contributed by atoms with van der Waals surface area (Å²) in [6, 6.07) is 4.86. The molecule has 0 aliphatic rings. The fraction of sp³-hybridized carbons (Fsp3) is 0.267. The number of amides is 2. The molecule has 3 nitrogen and oxygen atoms in total. The van der Waals surface area contributed by atoms with Crippen molar-refractivity contribution in [1.82, 2.24) is 5.32 Å². The lowest BCUT2D eigenvalue weighted by Gasteiger charge is -2.15. The normalized spacial score (nSPS) is 12.0. The molecular formula is C15H16F2N2OS. The summed E-state index contributed by atoms with van der Waals surface area (Å²) in [6.45, 7) is 5.82. The van der Waals surface area contributed by atoms with E-state index in [4.69, 9.17) is 0 Å². The van der Waals surface area contributed by atoms with Gasteiger partial charge in [-0.25, -0.2) is 13.6 Å². The molecule has 2 rings (SSSR count). The molecule has 1 aromatic heterocycles. The third kappa shape index (κ3) is 3.58. The van der Waals surface area contributed by atoms with Gasteiger partial charge in [-0.2, -0.15) is 0 Å². The van der Waals surface area contributed by atoms with Gasteiger partial charge in [-0.05, 0) is 44.5 Å². The summed E-state index contributed by atoms with van der Waals surface area (Å²) in [5, 5.41) is 5.03. The molecule has 2 N–H and O–H groups in total. The number of urea groups is 1. The average Bonchev–Trinajstić information content (AvgIpc) is 2.74. The maximum atomic E-state index is 13.5. The number of carbonyl (C=O) groups is 1. The van der Waals surface area contributed by atoms with Crippen molar-refractivity contribution in [2.24, 2.45) is 0 Å². The minimum Gasteiger partial charge on any atom is -0.331 e. The van der Waals surface area contributed by atoms with Crippen LogP contribution in [0.15, 0.2) is 24.3 Å². The monoisotopic (exact) mass is 310 g/mol. The summed E-state index contributed by atoms with van der Waals surface area (Å²) in [6.07, 6.45) is 0. The molecule has 6 heteroatoms. The Morgan fingerprint density at radius 3 is 2.62 bits per heavy atom. The van der Waals surface area contributed by atoms with Gasteiger partial charge >= 0.3 is 6.03 Å². The summed E-state index contributed by atoms with van der Waals surface area (Å²) in [4.78, 5) is 14.2. The zero-order valence-corrected chi connectivity index (χ0v) is 12.8. The lowest BCUT2D eigenvalue weighted by Crippen LogP contribution is -2.31. The largest absolute Gasteiger partial charge is 0.331 e. The first-order chi connectivity index (χ1) is 9.88. The van der Waals surface area contributed by atoms with E-state index in [0.717, 1.165) is 21.4 Å². The summed E-state index contributed by atoms with van der Waals surface area (Å²) in [5.41, 5.74) is 0.838. The van der Waals surface area contributed by atoms with Crippen LogP contribution in [0.5, 0.6) is 0 Å². The molecule has 1 aromatic carbocycles. The molecular weight excluding hydrogens is 294 g/mol. The first-order valence-electron chi connectivity index (χ1n) is 6.47. The van der Waals surface area contributed by atoms with Gasteiger partial charge in [-0.3, -0.25) is 0 Å². The first-order valence-corrected chi connectivity index (χ1v) is 7.28. The summed E-state index contributed by atoms with van der Waals surface area (Å²) in [5.74, 6) is -2.06. The molecule has 0 aliphatic carbocycles. The van der Waals surface area contributed by atoms with Crippen LogP contribution >= 0.6 is 11.3 Å². The van der Waals surface area contributed by atoms with Crippen LogP contribution in [0.3, 0.4) is 0 Å². The highest BCUT2D eigenvalue weighted by Gasteiger charge is 2.15. The number of anilines is 1. The van der Waals surface area contributed by atoms with Gasteiger partial charge in [-0.1, -0.05) is 6.07 Å². The fourth-order valence-corrected chi connectivity index (χ4v) is 3.14. The van der Waals surface area contributed by atoms with Crippen molar-refractivity contribution in [3.8, 4) is 0 Å². The third-order valence-electron chi connectivity index (χ3n) is 3.09. The van der Waals surface area contributed by atoms with E-state index >= 15 is 0 Å². The average molecular weight is 310 g/mol. The van der Waals surface area contributed by atoms with Gasteiger partial charge in [0.25, 0.3) is 0 Å². The molecule has 0 radical (unpaired) electrons. The van der Waals surface area contributed by atoms with Crippen LogP contribution in [0, 0.1) is 25.5 Å². The Kier molecular flexibility index (Phi) is 4.57. The number of benzene rings is 1. The number of nitrogens with one attached hydrogen (secondary N) is 2. The molecule has 21 heavy (non-hydrogen) atoms. The van der Waals surface area contributed by atoms with Gasteiger partial charge in [0, 0.05) is 9.75 Å². The maximum Gasteiger partial charge on any atom is 0.319 e. The third-order valence-corrected chi connectivity index (χ3v) is 4.07. The van der Waals surface area contributed by atoms with Crippen LogP contribution in [-0.2, 0) is 0 Å². The quantitative estimate of drug-likeness (QED) is 0.859. The van der Waals surface area contributed by atoms with Crippen LogP contribution in [0.4, 0.5) is 19.3 Å². The molecule has 2 amide bonds. The molecule has 1 unspecified atom stereocenters. The van der Waals surface area contributed by atoms with Gasteiger partial charge in [0.15, 0.2) is 11.6 Å². The highest BCUT2D eigenvalue weighted by atomic mass is 32.1. The second kappa shape index (κ2) is 6.22. The van der Waals surface area contributed by atoms with Gasteiger partial charge in [-0.15, -0.1) is 11.3 Å². The van der Waals surface area contributed by atoms with Crippen LogP contribution < -0.4 is 10.6 Å². The van der Waals surface area contributed by atoms with E-state index in [1.54, 1.807) is 11.3 Å². The number of aryl methyl sites for hydroxylation is 2. The van der Waals surface area contributed by atoms with Crippen molar-refractivity contribution in [2.45, 2.75) is 26.8 Å². The van der Waals surface area contributed by atoms with Gasteiger partial charge in [0.1, 0.15) is 0 Å². The molecule has 0 spiro atoms. The highest BCUT2D eigenvalue weighted by molar-refractivity contribution is 7.12. The van der Waals surface area contributed by atoms with Crippen molar-refractivity contribution in [3.63, 3.8) is 0 Å². The van der Waals surface area contributed by atoms with Crippen molar-refractivity contribution in [1.29, 1.82) is 0 Å². The van der Waals surface area contributed by atoms with E-state index in [1.165, 1.54) is 12.1 Å². The van der Waals surface area contributed by atoms with Crippen molar-refractivity contribution in [3.05, 3.63) is 51.2 Å². The molecule has 0 saturated heterocycles. The second-order valence-corrected chi connectivity index (χ2v) is 6.25. The van der Waals surface area contributed by atoms with Crippen molar-refractivity contribution >= 4 is 23.1 Å². The van der Waals surface area contributed by atoms with Crippen LogP contribution in [0.25, 0.3) is 0 Å². The maximum absolute atomic E-state index is 13.5. The summed E-state index contributed by atoms with van der Waals surface area (Å²) < 4.78 is 26.5. The lowest BCUT2D eigenvalue weighted by atomic mass is 10.1. The Balaban J connectivity index is 2.05. The van der Waals surface area contributed by atoms with E-state index in [9.17, 15) is 13.6 Å². The van der Waals surface area contributed by atoms with E-state index in [1.807, 2.05) is 26.8 Å². The number of carbonyl (C=O) groups excluding carboxylic acids is 1. The predicted molar refractivity (Wildman–Crippen MR) is 80.7 cm³/mol. The minimum absolute atomic E-state index is 0.182. The fourth-order valence-electron chi connectivity index (χ4n) is 2.11. The molecule has 112 valence electrons. The predicted octanol–water partition coefficient (Wildman–Crippen LogP) is 4.53. The van der Waals surface area contributed by atoms with E-state index in [0.29, 0.717) is 0 Å². The van der Waals surface area contributed by atoms with Crippen LogP contribution in [0.1, 0.15) is 28.3 Å². The summed E-state index contributed by atoms with van der Waals surface area (Å²) in [7, 11) is 0. The molecule has 0 saturated carbocycles. The number of thiophene rings is 1. The molecule has 2 aromatic rings. The zero-order chi connectivity index (χ0) is 15.6. The Hall–Kier alpha value is -1.95. The number of hydrogen-bond acceptors (Lipinski definition) is 2. The first kappa shape index (κ1) is 15.4. The minimum atomic E-state index is -1.07. The lowest BCUT2D eigenvalue weighted by molar-refractivity contribution is 0.249. The smallest absolute Gasteiger partial charge is 0.319 e. The Bertz CT molecular complexity index is 670. The van der Waals surface area contributed by atoms with Crippen LogP contribution in [0.2, 0.25) is 0 Å². The van der Waals surface area contributed by atoms with E-state index in [-0.39, 0.29) is 11.7 Å². The Labute approximate surface area is 126 Å². The van der Waals surface area contributed by atoms with Crippen molar-refractivity contribution in [2.75, 3.05) is 5.32 Å². The van der Waals surface area contributed by atoms with E-state index < -0.39 is 17.7 Å². The Morgan fingerprint density at radius 1 is 1.29 bits per heavy atom. The zero-order valence-electron chi connectivity index (χ0n) is 12.0. The molecule has 1 heterocycles. The highest BCUT2D eigenvalue weighted by Crippen LogP contribution is 2.26. The number of rotatable bonds is 3. The van der Waals surface area contributed by atoms with Gasteiger partial charge in [0.2, 0.25) is 0 Å². The molecule has 1 atom stereocenters. The number of hydrogen-bond donors (Lipinski definition) is 2. The molecule has 0 fully saturated rings. The molecule has 0 aliphatic heterocycles. The summed E-state index contributed by atoms with van der Waals surface area (Å²) >= 11 is 1.65. The number of halogens is 2. The van der Waals surface area contributed by atoms with Crippen molar-refractivity contribution < 1.29 is 13.6 Å². The SMILES string of the molecule is Cc1cc(C(C)NC(=O)Nc2cccc(F)c2F)c(C)s1. The van der Waals surface area contributed by atoms with Gasteiger partial charge in [0.05, 0.1) is 11.7 Å². The Morgan fingerprint density at radius 2 is 2.00 bits per heavy atom. The standard InChI is InChI=1S/C15H16F2N2OS/c1-8-7-11(10(3)21-8)9(2)18-15(20)19-13-6-4-5-12(16)14(13)17/h4-7,9H,1-3H3,(H2,18,19,20). The van der Waals surface area contributed by atoms with Crippen LogP contribution in [-0.4, -0.2) is 6.03 Å².